The van der Waals surface area contributed by atoms with Crippen LogP contribution < -0.4 is 10.5 Å². The highest BCUT2D eigenvalue weighted by atomic mass is 32.1. The lowest BCUT2D eigenvalue weighted by Gasteiger charge is -2.03. The van der Waals surface area contributed by atoms with E-state index in [0.29, 0.717) is 30.8 Å². The van der Waals surface area contributed by atoms with Crippen molar-refractivity contribution in [2.45, 2.75) is 13.3 Å². The van der Waals surface area contributed by atoms with Crippen LogP contribution in [0.25, 0.3) is 0 Å². The molecule has 0 spiro atoms. The summed E-state index contributed by atoms with van der Waals surface area (Å²) in [6.45, 7) is 3.08. The molecule has 2 N–H and O–H groups in total. The van der Waals surface area contributed by atoms with Gasteiger partial charge in [0.05, 0.1) is 11.6 Å². The lowest BCUT2D eigenvalue weighted by atomic mass is 10.1. The van der Waals surface area contributed by atoms with Crippen LogP contribution in [-0.4, -0.2) is 23.9 Å². The Morgan fingerprint density at radius 2 is 2.11 bits per heavy atom. The minimum Gasteiger partial charge on any atom is -0.494 e. The van der Waals surface area contributed by atoms with Crippen molar-refractivity contribution >= 4 is 17.1 Å². The number of hydrogen-bond donors (Lipinski definition) is 1. The van der Waals surface area contributed by atoms with E-state index in [9.17, 15) is 4.79 Å². The molecule has 5 heteroatoms. The summed E-state index contributed by atoms with van der Waals surface area (Å²) >= 11 is 1.47. The Hall–Kier alpha value is -1.72. The molecule has 0 aliphatic carbocycles. The van der Waals surface area contributed by atoms with Crippen molar-refractivity contribution in [3.8, 4) is 5.75 Å². The summed E-state index contributed by atoms with van der Waals surface area (Å²) in [5.74, 6) is 0.698. The number of hydrogen-bond acceptors (Lipinski definition) is 5. The molecule has 0 unspecified atom stereocenters. The number of carbonyl (C=O) groups is 1. The molecule has 19 heavy (non-hydrogen) atoms. The predicted molar refractivity (Wildman–Crippen MR) is 75.9 cm³/mol. The van der Waals surface area contributed by atoms with E-state index in [2.05, 4.69) is 4.98 Å². The van der Waals surface area contributed by atoms with Crippen molar-refractivity contribution in [3.63, 3.8) is 0 Å². The number of aromatic nitrogens is 1. The summed E-state index contributed by atoms with van der Waals surface area (Å²) in [6, 6.07) is 7.11. The van der Waals surface area contributed by atoms with Crippen molar-refractivity contribution in [2.24, 2.45) is 5.73 Å². The highest BCUT2D eigenvalue weighted by Gasteiger charge is 2.13. The van der Waals surface area contributed by atoms with E-state index in [1.807, 2.05) is 6.92 Å². The first kappa shape index (κ1) is 13.7. The molecule has 0 fully saturated rings. The second-order valence-electron chi connectivity index (χ2n) is 3.95. The van der Waals surface area contributed by atoms with Crippen molar-refractivity contribution in [2.75, 3.05) is 13.2 Å². The van der Waals surface area contributed by atoms with Crippen LogP contribution in [0.15, 0.2) is 29.6 Å². The maximum absolute atomic E-state index is 12.2. The average Bonchev–Trinajstić information content (AvgIpc) is 2.88. The first-order valence-corrected chi connectivity index (χ1v) is 7.04. The summed E-state index contributed by atoms with van der Waals surface area (Å²) in [7, 11) is 0. The van der Waals surface area contributed by atoms with Gasteiger partial charge in [-0.2, -0.15) is 0 Å². The summed E-state index contributed by atoms with van der Waals surface area (Å²) in [4.78, 5) is 16.5. The van der Waals surface area contributed by atoms with Crippen LogP contribution in [0.4, 0.5) is 0 Å². The molecule has 1 aromatic heterocycles. The molecule has 100 valence electrons. The topological polar surface area (TPSA) is 65.2 Å². The minimum absolute atomic E-state index is 0.0671. The fourth-order valence-electron chi connectivity index (χ4n) is 1.67. The van der Waals surface area contributed by atoms with Gasteiger partial charge in [-0.05, 0) is 37.7 Å². The third kappa shape index (κ3) is 3.39. The monoisotopic (exact) mass is 276 g/mol. The SMILES string of the molecule is CCOc1ccc(C(=O)c2csc(CCN)n2)cc1. The van der Waals surface area contributed by atoms with E-state index in [4.69, 9.17) is 10.5 Å². The molecule has 2 aromatic rings. The summed E-state index contributed by atoms with van der Waals surface area (Å²) < 4.78 is 5.34. The zero-order chi connectivity index (χ0) is 13.7. The van der Waals surface area contributed by atoms with E-state index < -0.39 is 0 Å². The standard InChI is InChI=1S/C14H16N2O2S/c1-2-18-11-5-3-10(4-6-11)14(17)12-9-19-13(16-12)7-8-15/h3-6,9H,2,7-8,15H2,1H3. The van der Waals surface area contributed by atoms with Gasteiger partial charge in [0.25, 0.3) is 0 Å². The zero-order valence-electron chi connectivity index (χ0n) is 10.8. The third-order valence-corrected chi connectivity index (χ3v) is 3.48. The van der Waals surface area contributed by atoms with E-state index >= 15 is 0 Å². The summed E-state index contributed by atoms with van der Waals surface area (Å²) in [5, 5.41) is 2.68. The summed E-state index contributed by atoms with van der Waals surface area (Å²) in [6.07, 6.45) is 0.710. The molecule has 0 bridgehead atoms. The smallest absolute Gasteiger partial charge is 0.212 e. The molecule has 1 aromatic carbocycles. The second kappa shape index (κ2) is 6.45. The van der Waals surface area contributed by atoms with Gasteiger partial charge in [0.1, 0.15) is 11.4 Å². The quantitative estimate of drug-likeness (QED) is 0.822. The number of benzene rings is 1. The fraction of sp³-hybridized carbons (Fsp3) is 0.286. The van der Waals surface area contributed by atoms with Gasteiger partial charge in [-0.3, -0.25) is 4.79 Å². The number of ketones is 1. The Labute approximate surface area is 116 Å². The van der Waals surface area contributed by atoms with Gasteiger partial charge in [-0.15, -0.1) is 11.3 Å². The molecular weight excluding hydrogens is 260 g/mol. The molecule has 0 saturated heterocycles. The number of carbonyl (C=O) groups excluding carboxylic acids is 1. The molecule has 2 rings (SSSR count). The van der Waals surface area contributed by atoms with Gasteiger partial charge >= 0.3 is 0 Å². The van der Waals surface area contributed by atoms with Crippen molar-refractivity contribution < 1.29 is 9.53 Å². The molecule has 4 nitrogen and oxygen atoms in total. The highest BCUT2D eigenvalue weighted by molar-refractivity contribution is 7.09. The molecule has 0 atom stereocenters. The van der Waals surface area contributed by atoms with Gasteiger partial charge in [-0.1, -0.05) is 0 Å². The lowest BCUT2D eigenvalue weighted by molar-refractivity contribution is 0.103. The van der Waals surface area contributed by atoms with Gasteiger partial charge in [0.15, 0.2) is 0 Å². The molecular formula is C14H16N2O2S. The lowest BCUT2D eigenvalue weighted by Crippen LogP contribution is -2.05. The first-order valence-electron chi connectivity index (χ1n) is 6.16. The van der Waals surface area contributed by atoms with Crippen LogP contribution in [-0.2, 0) is 6.42 Å². The van der Waals surface area contributed by atoms with Crippen LogP contribution >= 0.6 is 11.3 Å². The Balaban J connectivity index is 2.13. The van der Waals surface area contributed by atoms with Crippen LogP contribution in [0, 0.1) is 0 Å². The van der Waals surface area contributed by atoms with Crippen molar-refractivity contribution in [3.05, 3.63) is 45.9 Å². The van der Waals surface area contributed by atoms with E-state index in [0.717, 1.165) is 10.8 Å². The van der Waals surface area contributed by atoms with E-state index in [1.54, 1.807) is 29.6 Å². The first-order chi connectivity index (χ1) is 9.24. The van der Waals surface area contributed by atoms with E-state index in [-0.39, 0.29) is 5.78 Å². The number of ether oxygens (including phenoxy) is 1. The Morgan fingerprint density at radius 1 is 1.37 bits per heavy atom. The van der Waals surface area contributed by atoms with Crippen LogP contribution in [0.2, 0.25) is 0 Å². The normalized spacial score (nSPS) is 10.4. The largest absolute Gasteiger partial charge is 0.494 e. The second-order valence-corrected chi connectivity index (χ2v) is 4.89. The molecule has 0 amide bonds. The minimum atomic E-state index is -0.0671. The number of thiazole rings is 1. The van der Waals surface area contributed by atoms with Gasteiger partial charge < -0.3 is 10.5 Å². The van der Waals surface area contributed by atoms with Gasteiger partial charge in [0.2, 0.25) is 5.78 Å². The molecule has 0 aliphatic rings. The molecule has 0 radical (unpaired) electrons. The van der Waals surface area contributed by atoms with E-state index in [1.165, 1.54) is 11.3 Å². The zero-order valence-corrected chi connectivity index (χ0v) is 11.6. The Kier molecular flexibility index (Phi) is 4.65. The van der Waals surface area contributed by atoms with Gasteiger partial charge in [0, 0.05) is 17.4 Å². The van der Waals surface area contributed by atoms with Crippen LogP contribution in [0.5, 0.6) is 5.75 Å². The number of nitrogens with two attached hydrogens (primary N) is 1. The highest BCUT2D eigenvalue weighted by Crippen LogP contribution is 2.17. The molecule has 1 heterocycles. The number of rotatable bonds is 6. The van der Waals surface area contributed by atoms with Crippen molar-refractivity contribution in [1.29, 1.82) is 0 Å². The average molecular weight is 276 g/mol. The maximum atomic E-state index is 12.2. The molecule has 0 saturated carbocycles. The van der Waals surface area contributed by atoms with Gasteiger partial charge in [-0.25, -0.2) is 4.98 Å². The number of nitrogens with zero attached hydrogens (tertiary/aromatic N) is 1. The van der Waals surface area contributed by atoms with Crippen LogP contribution in [0.1, 0.15) is 28.0 Å². The fourth-order valence-corrected chi connectivity index (χ4v) is 2.46. The van der Waals surface area contributed by atoms with Crippen LogP contribution in [0.3, 0.4) is 0 Å². The predicted octanol–water partition coefficient (Wildman–Crippen LogP) is 2.27. The van der Waals surface area contributed by atoms with Crippen molar-refractivity contribution in [1.82, 2.24) is 4.98 Å². The maximum Gasteiger partial charge on any atom is 0.212 e. The third-order valence-electron chi connectivity index (χ3n) is 2.57. The Morgan fingerprint density at radius 3 is 2.74 bits per heavy atom. The summed E-state index contributed by atoms with van der Waals surface area (Å²) in [5.41, 5.74) is 6.57. The molecule has 0 aliphatic heterocycles. The Bertz CT molecular complexity index is 549.